The number of rotatable bonds is 11. The first-order valence-electron chi connectivity index (χ1n) is 12.1. The molecule has 8 heteroatoms. The smallest absolute Gasteiger partial charge is 0.233 e. The molecule has 0 bridgehead atoms. The van der Waals surface area contributed by atoms with Crippen molar-refractivity contribution < 1.29 is 38.1 Å². The number of Topliss-reactive ketones (excluding diaryl/α,β-unsaturated/α-hetero) is 4. The fraction of sp³-hybridized carbons (Fsp3) is 0.125. The normalized spacial score (nSPS) is 10.4. The Morgan fingerprint density at radius 2 is 0.700 bits per heavy atom. The second kappa shape index (κ2) is 12.1. The summed E-state index contributed by atoms with van der Waals surface area (Å²) >= 11 is 0. The summed E-state index contributed by atoms with van der Waals surface area (Å²) in [6.07, 6.45) is 0. The van der Waals surface area contributed by atoms with Gasteiger partial charge in [-0.05, 0) is 84.9 Å². The number of ether oxygens (including phenoxy) is 4. The number of carbonyl (C=O) groups excluding carboxylic acids is 4. The molecular weight excluding hydrogens is 512 g/mol. The van der Waals surface area contributed by atoms with Crippen LogP contribution in [0.5, 0.6) is 23.0 Å². The summed E-state index contributed by atoms with van der Waals surface area (Å²) in [6.45, 7) is 0. The Morgan fingerprint density at radius 3 is 1.00 bits per heavy atom. The quantitative estimate of drug-likeness (QED) is 0.182. The molecule has 0 N–H and O–H groups in total. The molecule has 0 heterocycles. The minimum atomic E-state index is -0.727. The maximum Gasteiger partial charge on any atom is 0.233 e. The predicted molar refractivity (Wildman–Crippen MR) is 148 cm³/mol. The number of carbonyl (C=O) groups is 4. The monoisotopic (exact) mass is 538 g/mol. The molecule has 0 unspecified atom stereocenters. The van der Waals surface area contributed by atoms with Crippen molar-refractivity contribution in [3.05, 3.63) is 107 Å². The Morgan fingerprint density at radius 1 is 0.400 bits per heavy atom. The summed E-state index contributed by atoms with van der Waals surface area (Å²) in [4.78, 5) is 52.1. The first-order chi connectivity index (χ1) is 19.3. The molecule has 0 radical (unpaired) electrons. The van der Waals surface area contributed by atoms with Crippen LogP contribution in [0.2, 0.25) is 0 Å². The molecule has 0 fully saturated rings. The van der Waals surface area contributed by atoms with Crippen LogP contribution in [0.4, 0.5) is 0 Å². The van der Waals surface area contributed by atoms with Gasteiger partial charge in [0.25, 0.3) is 0 Å². The molecule has 202 valence electrons. The van der Waals surface area contributed by atoms with E-state index in [0.717, 1.165) is 0 Å². The van der Waals surface area contributed by atoms with Crippen molar-refractivity contribution >= 4 is 23.1 Å². The van der Waals surface area contributed by atoms with Crippen molar-refractivity contribution in [1.29, 1.82) is 0 Å². The van der Waals surface area contributed by atoms with Gasteiger partial charge in [-0.25, -0.2) is 0 Å². The van der Waals surface area contributed by atoms with Crippen LogP contribution < -0.4 is 18.9 Å². The Labute approximate surface area is 231 Å². The number of hydrogen-bond donors (Lipinski definition) is 0. The van der Waals surface area contributed by atoms with Crippen molar-refractivity contribution in [3.63, 3.8) is 0 Å². The van der Waals surface area contributed by atoms with Gasteiger partial charge in [0.05, 0.1) is 28.4 Å². The van der Waals surface area contributed by atoms with E-state index in [0.29, 0.717) is 34.1 Å². The summed E-state index contributed by atoms with van der Waals surface area (Å²) in [6, 6.07) is 21.5. The molecule has 4 rings (SSSR count). The maximum absolute atomic E-state index is 13.1. The summed E-state index contributed by atoms with van der Waals surface area (Å²) < 4.78 is 21.2. The molecule has 0 atom stereocenters. The van der Waals surface area contributed by atoms with Crippen molar-refractivity contribution in [2.75, 3.05) is 28.4 Å². The van der Waals surface area contributed by atoms with Gasteiger partial charge in [-0.3, -0.25) is 19.2 Å². The lowest BCUT2D eigenvalue weighted by atomic mass is 9.93. The molecule has 4 aromatic carbocycles. The van der Waals surface area contributed by atoms with E-state index in [1.807, 2.05) is 0 Å². The van der Waals surface area contributed by atoms with Gasteiger partial charge in [0.2, 0.25) is 23.1 Å². The summed E-state index contributed by atoms with van der Waals surface area (Å²) in [5.41, 5.74) is 1.46. The minimum Gasteiger partial charge on any atom is -0.497 e. The topological polar surface area (TPSA) is 105 Å². The molecule has 40 heavy (non-hydrogen) atoms. The van der Waals surface area contributed by atoms with Crippen LogP contribution in [0, 0.1) is 0 Å². The summed E-state index contributed by atoms with van der Waals surface area (Å²) in [5, 5.41) is 0. The molecular formula is C32H26O8. The van der Waals surface area contributed by atoms with Gasteiger partial charge in [0.15, 0.2) is 0 Å². The molecule has 0 spiro atoms. The Bertz CT molecular complexity index is 1460. The zero-order valence-corrected chi connectivity index (χ0v) is 22.3. The van der Waals surface area contributed by atoms with E-state index < -0.39 is 23.1 Å². The van der Waals surface area contributed by atoms with E-state index in [4.69, 9.17) is 18.9 Å². The van der Waals surface area contributed by atoms with Gasteiger partial charge in [-0.2, -0.15) is 0 Å². The highest BCUT2D eigenvalue weighted by Gasteiger charge is 2.24. The van der Waals surface area contributed by atoms with Crippen LogP contribution in [0.3, 0.4) is 0 Å². The number of ketones is 4. The molecule has 4 aromatic rings. The van der Waals surface area contributed by atoms with E-state index in [1.54, 1.807) is 36.4 Å². The molecule has 0 aliphatic rings. The van der Waals surface area contributed by atoms with E-state index in [9.17, 15) is 19.2 Å². The molecule has 0 aliphatic carbocycles. The lowest BCUT2D eigenvalue weighted by molar-refractivity contribution is 0.0817. The Balaban J connectivity index is 1.72. The molecule has 0 saturated carbocycles. The van der Waals surface area contributed by atoms with Crippen LogP contribution in [-0.4, -0.2) is 51.6 Å². The standard InChI is InChI=1S/C32H26O8/c1-37-23-11-5-19(6-12-23)29(33)31(35)21-9-15-27(39-3)25(17-21)26-18-22(10-16-28(26)40-4)32(36)30(34)20-7-13-24(38-2)14-8-20/h5-18H,1-4H3. The highest BCUT2D eigenvalue weighted by molar-refractivity contribution is 6.50. The van der Waals surface area contributed by atoms with E-state index in [-0.39, 0.29) is 22.3 Å². The van der Waals surface area contributed by atoms with Crippen molar-refractivity contribution in [2.24, 2.45) is 0 Å². The molecule has 0 saturated heterocycles. The highest BCUT2D eigenvalue weighted by Crippen LogP contribution is 2.38. The first-order valence-corrected chi connectivity index (χ1v) is 12.1. The van der Waals surface area contributed by atoms with Gasteiger partial charge in [0.1, 0.15) is 23.0 Å². The number of methoxy groups -OCH3 is 4. The average Bonchev–Trinajstić information content (AvgIpc) is 3.02. The lowest BCUT2D eigenvalue weighted by Crippen LogP contribution is -2.15. The van der Waals surface area contributed by atoms with Crippen LogP contribution in [0.1, 0.15) is 41.4 Å². The van der Waals surface area contributed by atoms with Gasteiger partial charge in [-0.1, -0.05) is 0 Å². The number of benzene rings is 4. The highest BCUT2D eigenvalue weighted by atomic mass is 16.5. The van der Waals surface area contributed by atoms with E-state index in [1.165, 1.54) is 77.0 Å². The van der Waals surface area contributed by atoms with Crippen molar-refractivity contribution in [2.45, 2.75) is 0 Å². The predicted octanol–water partition coefficient (Wildman–Crippen LogP) is 5.52. The van der Waals surface area contributed by atoms with Crippen LogP contribution >= 0.6 is 0 Å². The molecule has 0 aromatic heterocycles. The molecule has 0 amide bonds. The fourth-order valence-corrected chi connectivity index (χ4v) is 4.13. The largest absolute Gasteiger partial charge is 0.497 e. The third-order valence-corrected chi connectivity index (χ3v) is 6.33. The Kier molecular flexibility index (Phi) is 8.39. The zero-order valence-electron chi connectivity index (χ0n) is 22.3. The second-order valence-electron chi connectivity index (χ2n) is 8.60. The zero-order chi connectivity index (χ0) is 28.8. The van der Waals surface area contributed by atoms with Gasteiger partial charge in [0, 0.05) is 33.4 Å². The first kappa shape index (κ1) is 27.8. The summed E-state index contributed by atoms with van der Waals surface area (Å²) in [5.74, 6) is -0.981. The Hall–Kier alpha value is -5.24. The van der Waals surface area contributed by atoms with Gasteiger partial charge in [-0.15, -0.1) is 0 Å². The molecule has 0 aliphatic heterocycles. The SMILES string of the molecule is COc1ccc(C(=O)C(=O)c2ccc(OC)c(-c3cc(C(=O)C(=O)c4ccc(OC)cc4)ccc3OC)c2)cc1. The van der Waals surface area contributed by atoms with E-state index in [2.05, 4.69) is 0 Å². The summed E-state index contributed by atoms with van der Waals surface area (Å²) in [7, 11) is 5.93. The average molecular weight is 539 g/mol. The molecule has 8 nitrogen and oxygen atoms in total. The third kappa shape index (κ3) is 5.61. The third-order valence-electron chi connectivity index (χ3n) is 6.33. The van der Waals surface area contributed by atoms with Crippen molar-refractivity contribution in [1.82, 2.24) is 0 Å². The van der Waals surface area contributed by atoms with Crippen molar-refractivity contribution in [3.8, 4) is 34.1 Å². The van der Waals surface area contributed by atoms with Crippen LogP contribution in [-0.2, 0) is 0 Å². The van der Waals surface area contributed by atoms with Crippen LogP contribution in [0.15, 0.2) is 84.9 Å². The lowest BCUT2D eigenvalue weighted by Gasteiger charge is -2.15. The van der Waals surface area contributed by atoms with E-state index >= 15 is 0 Å². The maximum atomic E-state index is 13.1. The van der Waals surface area contributed by atoms with Gasteiger partial charge >= 0.3 is 0 Å². The van der Waals surface area contributed by atoms with Crippen LogP contribution in [0.25, 0.3) is 11.1 Å². The number of hydrogen-bond acceptors (Lipinski definition) is 8. The fourth-order valence-electron chi connectivity index (χ4n) is 4.13. The van der Waals surface area contributed by atoms with Gasteiger partial charge < -0.3 is 18.9 Å². The second-order valence-corrected chi connectivity index (χ2v) is 8.60. The minimum absolute atomic E-state index is 0.115.